The van der Waals surface area contributed by atoms with Gasteiger partial charge in [0.15, 0.2) is 0 Å². The van der Waals surface area contributed by atoms with Gasteiger partial charge < -0.3 is 4.90 Å². The van der Waals surface area contributed by atoms with Gasteiger partial charge in [0, 0.05) is 25.0 Å². The Bertz CT molecular complexity index is 558. The zero-order valence-corrected chi connectivity index (χ0v) is 12.1. The Hall–Kier alpha value is -1.77. The summed E-state index contributed by atoms with van der Waals surface area (Å²) in [6.07, 6.45) is -4.33. The fraction of sp³-hybridized carbons (Fsp3) is 0.417. The lowest BCUT2D eigenvalue weighted by Crippen LogP contribution is -2.21. The van der Waals surface area contributed by atoms with Crippen LogP contribution in [0, 0.1) is 0 Å². The zero-order chi connectivity index (χ0) is 15.3. The van der Waals surface area contributed by atoms with Crippen LogP contribution in [0.3, 0.4) is 0 Å². The first-order valence-electron chi connectivity index (χ1n) is 6.17. The molecule has 0 fully saturated rings. The van der Waals surface area contributed by atoms with Crippen LogP contribution in [0.4, 0.5) is 18.9 Å². The van der Waals surface area contributed by atoms with Crippen molar-refractivity contribution in [3.05, 3.63) is 30.3 Å². The van der Waals surface area contributed by atoms with Crippen LogP contribution < -0.4 is 4.90 Å². The number of nitrogens with zero attached hydrogens (tertiary/aromatic N) is 5. The number of alkyl halides is 3. The third kappa shape index (κ3) is 4.92. The van der Waals surface area contributed by atoms with E-state index in [4.69, 9.17) is 0 Å². The molecule has 0 saturated heterocycles. The van der Waals surface area contributed by atoms with E-state index >= 15 is 0 Å². The number of hydrogen-bond acceptors (Lipinski definition) is 5. The van der Waals surface area contributed by atoms with Gasteiger partial charge in [-0.05, 0) is 22.6 Å². The second kappa shape index (κ2) is 6.79. The van der Waals surface area contributed by atoms with Crippen LogP contribution in [0.25, 0.3) is 0 Å². The van der Waals surface area contributed by atoms with E-state index in [1.807, 2.05) is 42.3 Å². The number of anilines is 1. The fourth-order valence-electron chi connectivity index (χ4n) is 1.65. The minimum Gasteiger partial charge on any atom is -0.374 e. The van der Waals surface area contributed by atoms with Gasteiger partial charge in [-0.15, -0.1) is 5.10 Å². The minimum atomic E-state index is -4.33. The maximum Gasteiger partial charge on any atom is 0.408 e. The van der Waals surface area contributed by atoms with Crippen LogP contribution in [-0.4, -0.2) is 45.7 Å². The Labute approximate surface area is 124 Å². The summed E-state index contributed by atoms with van der Waals surface area (Å²) in [5.41, 5.74) is 1.05. The van der Waals surface area contributed by atoms with Gasteiger partial charge in [-0.1, -0.05) is 30.0 Å². The Kier molecular flexibility index (Phi) is 5.05. The third-order valence-electron chi connectivity index (χ3n) is 2.68. The summed E-state index contributed by atoms with van der Waals surface area (Å²) < 4.78 is 37.8. The highest BCUT2D eigenvalue weighted by Gasteiger charge is 2.30. The van der Waals surface area contributed by atoms with Crippen LogP contribution in [0.15, 0.2) is 35.5 Å². The normalized spacial score (nSPS) is 11.6. The molecule has 0 bridgehead atoms. The van der Waals surface area contributed by atoms with Crippen molar-refractivity contribution in [1.82, 2.24) is 20.2 Å². The van der Waals surface area contributed by atoms with Gasteiger partial charge in [-0.3, -0.25) is 0 Å². The molecule has 0 atom stereocenters. The van der Waals surface area contributed by atoms with Crippen LogP contribution in [0.5, 0.6) is 0 Å². The molecule has 0 aliphatic carbocycles. The first kappa shape index (κ1) is 15.6. The molecule has 0 N–H and O–H groups in total. The number of para-hydroxylation sites is 1. The SMILES string of the molecule is CN(CCSc1nnnn1CC(F)(F)F)c1ccccc1. The molecule has 21 heavy (non-hydrogen) atoms. The quantitative estimate of drug-likeness (QED) is 0.766. The third-order valence-corrected chi connectivity index (χ3v) is 3.62. The number of hydrogen-bond donors (Lipinski definition) is 0. The number of tetrazole rings is 1. The second-order valence-electron chi connectivity index (χ2n) is 4.34. The highest BCUT2D eigenvalue weighted by atomic mass is 32.2. The van der Waals surface area contributed by atoms with Crippen LogP contribution >= 0.6 is 11.8 Å². The van der Waals surface area contributed by atoms with Gasteiger partial charge in [-0.25, -0.2) is 4.68 Å². The van der Waals surface area contributed by atoms with E-state index in [2.05, 4.69) is 15.5 Å². The molecular formula is C12H14F3N5S. The number of thioether (sulfide) groups is 1. The molecule has 0 spiro atoms. The summed E-state index contributed by atoms with van der Waals surface area (Å²) in [6.45, 7) is -0.496. The van der Waals surface area contributed by atoms with Gasteiger partial charge >= 0.3 is 6.18 Å². The Balaban J connectivity index is 1.85. The number of benzene rings is 1. The molecule has 0 aliphatic rings. The molecule has 9 heteroatoms. The molecule has 114 valence electrons. The summed E-state index contributed by atoms with van der Waals surface area (Å²) in [4.78, 5) is 2.02. The zero-order valence-electron chi connectivity index (χ0n) is 11.3. The average molecular weight is 317 g/mol. The van der Waals surface area contributed by atoms with Gasteiger partial charge in [0.25, 0.3) is 0 Å². The van der Waals surface area contributed by atoms with Crippen LogP contribution in [-0.2, 0) is 6.54 Å². The molecule has 0 saturated carbocycles. The number of aromatic nitrogens is 4. The Morgan fingerprint density at radius 1 is 1.24 bits per heavy atom. The van der Waals surface area contributed by atoms with E-state index < -0.39 is 12.7 Å². The number of halogens is 3. The van der Waals surface area contributed by atoms with E-state index in [-0.39, 0.29) is 5.16 Å². The molecule has 1 aromatic carbocycles. The predicted octanol–water partition coefficient (Wildman–Crippen LogP) is 2.46. The molecule has 0 unspecified atom stereocenters. The van der Waals surface area contributed by atoms with Gasteiger partial charge in [0.05, 0.1) is 0 Å². The smallest absolute Gasteiger partial charge is 0.374 e. The molecule has 0 radical (unpaired) electrons. The number of rotatable bonds is 6. The van der Waals surface area contributed by atoms with Crippen molar-refractivity contribution in [2.75, 3.05) is 24.2 Å². The highest BCUT2D eigenvalue weighted by molar-refractivity contribution is 7.99. The van der Waals surface area contributed by atoms with Crippen LogP contribution in [0.2, 0.25) is 0 Å². The first-order chi connectivity index (χ1) is 9.96. The van der Waals surface area contributed by atoms with Crippen molar-refractivity contribution < 1.29 is 13.2 Å². The molecule has 2 rings (SSSR count). The van der Waals surface area contributed by atoms with Gasteiger partial charge in [0.2, 0.25) is 5.16 Å². The summed E-state index contributed by atoms with van der Waals surface area (Å²) in [5, 5.41) is 10.4. The van der Waals surface area contributed by atoms with E-state index in [1.165, 1.54) is 11.8 Å². The minimum absolute atomic E-state index is 0.175. The monoisotopic (exact) mass is 317 g/mol. The summed E-state index contributed by atoms with van der Waals surface area (Å²) in [5.74, 6) is 0.587. The molecule has 0 aliphatic heterocycles. The van der Waals surface area contributed by atoms with Gasteiger partial charge in [-0.2, -0.15) is 13.2 Å². The lowest BCUT2D eigenvalue weighted by Gasteiger charge is -2.18. The van der Waals surface area contributed by atoms with Gasteiger partial charge in [0.1, 0.15) is 6.54 Å². The molecule has 1 aromatic heterocycles. The predicted molar refractivity (Wildman–Crippen MR) is 74.3 cm³/mol. The topological polar surface area (TPSA) is 46.8 Å². The molecule has 1 heterocycles. The van der Waals surface area contributed by atoms with Crippen molar-refractivity contribution in [3.63, 3.8) is 0 Å². The van der Waals surface area contributed by atoms with E-state index in [0.717, 1.165) is 10.4 Å². The van der Waals surface area contributed by atoms with Crippen molar-refractivity contribution in [2.45, 2.75) is 17.9 Å². The largest absolute Gasteiger partial charge is 0.408 e. The lowest BCUT2D eigenvalue weighted by molar-refractivity contribution is -0.144. The Morgan fingerprint density at radius 3 is 2.62 bits per heavy atom. The molecule has 2 aromatic rings. The van der Waals surface area contributed by atoms with Crippen LogP contribution in [0.1, 0.15) is 0 Å². The maximum absolute atomic E-state index is 12.3. The second-order valence-corrected chi connectivity index (χ2v) is 5.40. The summed E-state index contributed by atoms with van der Waals surface area (Å²) in [6, 6.07) is 9.74. The standard InChI is InChI=1S/C12H14F3N5S/c1-19(10-5-3-2-4-6-10)7-8-21-11-16-17-18-20(11)9-12(13,14)15/h2-6H,7-9H2,1H3. The van der Waals surface area contributed by atoms with Crippen molar-refractivity contribution >= 4 is 17.4 Å². The Morgan fingerprint density at radius 2 is 1.95 bits per heavy atom. The molecule has 0 amide bonds. The summed E-state index contributed by atoms with van der Waals surface area (Å²) >= 11 is 1.20. The van der Waals surface area contributed by atoms with Crippen molar-refractivity contribution in [1.29, 1.82) is 0 Å². The summed E-state index contributed by atoms with van der Waals surface area (Å²) in [7, 11) is 1.93. The van der Waals surface area contributed by atoms with E-state index in [0.29, 0.717) is 12.3 Å². The van der Waals surface area contributed by atoms with E-state index in [1.54, 1.807) is 0 Å². The first-order valence-corrected chi connectivity index (χ1v) is 7.16. The fourth-order valence-corrected chi connectivity index (χ4v) is 2.55. The maximum atomic E-state index is 12.3. The average Bonchev–Trinajstić information content (AvgIpc) is 2.85. The molecular weight excluding hydrogens is 303 g/mol. The van der Waals surface area contributed by atoms with E-state index in [9.17, 15) is 13.2 Å². The molecule has 5 nitrogen and oxygen atoms in total. The lowest BCUT2D eigenvalue weighted by atomic mass is 10.3. The van der Waals surface area contributed by atoms with Crippen molar-refractivity contribution in [2.24, 2.45) is 0 Å². The van der Waals surface area contributed by atoms with Crippen molar-refractivity contribution in [3.8, 4) is 0 Å². The highest BCUT2D eigenvalue weighted by Crippen LogP contribution is 2.21.